The zero-order chi connectivity index (χ0) is 17.7. The molecule has 3 rings (SSSR count). The van der Waals surface area contributed by atoms with Crippen molar-refractivity contribution in [2.24, 2.45) is 5.41 Å². The second kappa shape index (κ2) is 8.15. The number of ether oxygens (including phenoxy) is 1. The molecule has 0 spiro atoms. The first-order chi connectivity index (χ1) is 12.1. The molecule has 6 nitrogen and oxygen atoms in total. The Balaban J connectivity index is 1.56. The number of aryl methyl sites for hydroxylation is 1. The Morgan fingerprint density at radius 1 is 1.32 bits per heavy atom. The van der Waals surface area contributed by atoms with Gasteiger partial charge in [-0.1, -0.05) is 0 Å². The third-order valence-corrected chi connectivity index (χ3v) is 5.35. The molecule has 1 aliphatic carbocycles. The van der Waals surface area contributed by atoms with Crippen molar-refractivity contribution in [3.05, 3.63) is 34.2 Å². The van der Waals surface area contributed by atoms with Gasteiger partial charge in [-0.05, 0) is 57.3 Å². The zero-order valence-electron chi connectivity index (χ0n) is 15.1. The predicted molar refractivity (Wildman–Crippen MR) is 96.9 cm³/mol. The summed E-state index contributed by atoms with van der Waals surface area (Å²) in [6.45, 7) is 5.26. The summed E-state index contributed by atoms with van der Waals surface area (Å²) in [6, 6.07) is 3.38. The molecule has 2 heterocycles. The molecule has 1 aromatic rings. The van der Waals surface area contributed by atoms with Gasteiger partial charge in [0.25, 0.3) is 11.5 Å². The van der Waals surface area contributed by atoms with E-state index >= 15 is 0 Å². The third kappa shape index (κ3) is 4.70. The Morgan fingerprint density at radius 2 is 2.08 bits per heavy atom. The number of pyridine rings is 1. The Hall–Kier alpha value is -1.66. The van der Waals surface area contributed by atoms with Crippen molar-refractivity contribution >= 4 is 5.91 Å². The van der Waals surface area contributed by atoms with Crippen LogP contribution in [0.25, 0.3) is 0 Å². The van der Waals surface area contributed by atoms with Crippen LogP contribution in [0.2, 0.25) is 0 Å². The SMILES string of the molecule is COCCCn1cccc(C(=O)NCC2(CN3CCCC3)CC2)c1=O. The number of amides is 1. The van der Waals surface area contributed by atoms with Crippen LogP contribution in [-0.4, -0.2) is 55.3 Å². The van der Waals surface area contributed by atoms with Gasteiger partial charge in [-0.25, -0.2) is 0 Å². The number of likely N-dealkylation sites (tertiary alicyclic amines) is 1. The average Bonchev–Trinajstić information content (AvgIpc) is 3.18. The number of nitrogens with one attached hydrogen (secondary N) is 1. The molecule has 1 aliphatic heterocycles. The maximum atomic E-state index is 12.5. The van der Waals surface area contributed by atoms with Gasteiger partial charge in [0.15, 0.2) is 0 Å². The van der Waals surface area contributed by atoms with Gasteiger partial charge < -0.3 is 19.5 Å². The van der Waals surface area contributed by atoms with E-state index in [1.807, 2.05) is 0 Å². The lowest BCUT2D eigenvalue weighted by atomic mass is 10.1. The number of rotatable bonds is 9. The number of methoxy groups -OCH3 is 1. The van der Waals surface area contributed by atoms with Crippen molar-refractivity contribution in [2.75, 3.05) is 39.9 Å². The molecule has 1 saturated carbocycles. The molecule has 138 valence electrons. The van der Waals surface area contributed by atoms with E-state index in [-0.39, 0.29) is 22.4 Å². The Kier molecular flexibility index (Phi) is 5.91. The monoisotopic (exact) mass is 347 g/mol. The molecule has 0 aromatic carbocycles. The molecule has 1 amide bonds. The van der Waals surface area contributed by atoms with Gasteiger partial charge in [0, 0.05) is 45.0 Å². The number of carbonyl (C=O) groups is 1. The maximum absolute atomic E-state index is 12.5. The van der Waals surface area contributed by atoms with Crippen LogP contribution in [0.5, 0.6) is 0 Å². The fraction of sp³-hybridized carbons (Fsp3) is 0.684. The highest BCUT2D eigenvalue weighted by atomic mass is 16.5. The summed E-state index contributed by atoms with van der Waals surface area (Å²) in [7, 11) is 1.64. The van der Waals surface area contributed by atoms with E-state index in [0.29, 0.717) is 19.7 Å². The minimum atomic E-state index is -0.251. The lowest BCUT2D eigenvalue weighted by Gasteiger charge is -2.23. The second-order valence-corrected chi connectivity index (χ2v) is 7.43. The van der Waals surface area contributed by atoms with Crippen LogP contribution < -0.4 is 10.9 Å². The van der Waals surface area contributed by atoms with Crippen LogP contribution in [0.1, 0.15) is 42.5 Å². The second-order valence-electron chi connectivity index (χ2n) is 7.43. The molecule has 1 aromatic heterocycles. The quantitative estimate of drug-likeness (QED) is 0.688. The van der Waals surface area contributed by atoms with Gasteiger partial charge in [0.2, 0.25) is 0 Å². The molecule has 25 heavy (non-hydrogen) atoms. The van der Waals surface area contributed by atoms with E-state index in [2.05, 4.69) is 10.2 Å². The standard InChI is InChI=1S/C19H29N3O3/c1-25-13-5-12-22-11-4-6-16(18(22)24)17(23)20-14-19(7-8-19)15-21-9-2-3-10-21/h4,6,11H,2-3,5,7-10,12-15H2,1H3,(H,20,23). The summed E-state index contributed by atoms with van der Waals surface area (Å²) in [5.41, 5.74) is 0.240. The first-order valence-corrected chi connectivity index (χ1v) is 9.32. The number of hydrogen-bond acceptors (Lipinski definition) is 4. The first kappa shape index (κ1) is 18.1. The number of aromatic nitrogens is 1. The van der Waals surface area contributed by atoms with Crippen LogP contribution in [0.3, 0.4) is 0 Å². The smallest absolute Gasteiger partial charge is 0.263 e. The van der Waals surface area contributed by atoms with Crippen LogP contribution >= 0.6 is 0 Å². The van der Waals surface area contributed by atoms with Crippen molar-refractivity contribution in [3.63, 3.8) is 0 Å². The minimum absolute atomic E-state index is 0.222. The molecule has 1 saturated heterocycles. The molecule has 0 unspecified atom stereocenters. The molecule has 1 N–H and O–H groups in total. The summed E-state index contributed by atoms with van der Waals surface area (Å²) < 4.78 is 6.61. The molecule has 2 aliphatic rings. The fourth-order valence-electron chi connectivity index (χ4n) is 3.61. The van der Waals surface area contributed by atoms with E-state index in [9.17, 15) is 9.59 Å². The Labute approximate surface area is 149 Å². The Morgan fingerprint density at radius 3 is 2.76 bits per heavy atom. The summed E-state index contributed by atoms with van der Waals surface area (Å²) in [4.78, 5) is 27.5. The van der Waals surface area contributed by atoms with Gasteiger partial charge in [-0.15, -0.1) is 0 Å². The molecule has 0 atom stereocenters. The van der Waals surface area contributed by atoms with Crippen molar-refractivity contribution in [1.82, 2.24) is 14.8 Å². The molecule has 0 radical (unpaired) electrons. The van der Waals surface area contributed by atoms with Gasteiger partial charge in [0.1, 0.15) is 5.56 Å². The van der Waals surface area contributed by atoms with E-state index in [0.717, 1.165) is 13.0 Å². The van der Waals surface area contributed by atoms with E-state index in [1.165, 1.54) is 38.8 Å². The number of nitrogens with zero attached hydrogens (tertiary/aromatic N) is 2. The lowest BCUT2D eigenvalue weighted by Crippen LogP contribution is -2.39. The highest BCUT2D eigenvalue weighted by Gasteiger charge is 2.44. The minimum Gasteiger partial charge on any atom is -0.385 e. The summed E-state index contributed by atoms with van der Waals surface area (Å²) in [6.07, 6.45) is 7.38. The maximum Gasteiger partial charge on any atom is 0.263 e. The third-order valence-electron chi connectivity index (χ3n) is 5.35. The molecule has 2 fully saturated rings. The summed E-state index contributed by atoms with van der Waals surface area (Å²) >= 11 is 0. The van der Waals surface area contributed by atoms with Gasteiger partial charge in [0.05, 0.1) is 0 Å². The van der Waals surface area contributed by atoms with Gasteiger partial charge in [-0.3, -0.25) is 9.59 Å². The van der Waals surface area contributed by atoms with Crippen LogP contribution in [0.15, 0.2) is 23.1 Å². The van der Waals surface area contributed by atoms with E-state index in [1.54, 1.807) is 30.0 Å². The normalized spacial score (nSPS) is 19.1. The number of hydrogen-bond donors (Lipinski definition) is 1. The first-order valence-electron chi connectivity index (χ1n) is 9.32. The zero-order valence-corrected chi connectivity index (χ0v) is 15.1. The number of carbonyl (C=O) groups excluding carboxylic acids is 1. The molecule has 6 heteroatoms. The average molecular weight is 347 g/mol. The highest BCUT2D eigenvalue weighted by Crippen LogP contribution is 2.46. The van der Waals surface area contributed by atoms with Gasteiger partial charge >= 0.3 is 0 Å². The largest absolute Gasteiger partial charge is 0.385 e. The fourth-order valence-corrected chi connectivity index (χ4v) is 3.61. The summed E-state index contributed by atoms with van der Waals surface area (Å²) in [5, 5.41) is 3.01. The highest BCUT2D eigenvalue weighted by molar-refractivity contribution is 5.93. The topological polar surface area (TPSA) is 63.6 Å². The van der Waals surface area contributed by atoms with Crippen molar-refractivity contribution in [3.8, 4) is 0 Å². The van der Waals surface area contributed by atoms with Crippen LogP contribution in [-0.2, 0) is 11.3 Å². The van der Waals surface area contributed by atoms with Gasteiger partial charge in [-0.2, -0.15) is 0 Å². The van der Waals surface area contributed by atoms with Crippen LogP contribution in [0.4, 0.5) is 0 Å². The van der Waals surface area contributed by atoms with Crippen molar-refractivity contribution in [2.45, 2.75) is 38.6 Å². The molecular formula is C19H29N3O3. The predicted octanol–water partition coefficient (Wildman–Crippen LogP) is 1.49. The lowest BCUT2D eigenvalue weighted by molar-refractivity contribution is 0.0938. The molecule has 0 bridgehead atoms. The molecular weight excluding hydrogens is 318 g/mol. The van der Waals surface area contributed by atoms with Crippen molar-refractivity contribution in [1.29, 1.82) is 0 Å². The van der Waals surface area contributed by atoms with Crippen molar-refractivity contribution < 1.29 is 9.53 Å². The Bertz CT molecular complexity index is 646. The van der Waals surface area contributed by atoms with E-state index < -0.39 is 0 Å². The summed E-state index contributed by atoms with van der Waals surface area (Å²) in [5.74, 6) is -0.251. The van der Waals surface area contributed by atoms with Crippen LogP contribution in [0, 0.1) is 5.41 Å². The van der Waals surface area contributed by atoms with E-state index in [4.69, 9.17) is 4.74 Å².